The van der Waals surface area contributed by atoms with Gasteiger partial charge in [-0.15, -0.1) is 0 Å². The highest BCUT2D eigenvalue weighted by Gasteiger charge is 2.14. The predicted octanol–water partition coefficient (Wildman–Crippen LogP) is 2.43. The number of aryl methyl sites for hydroxylation is 3. The zero-order valence-electron chi connectivity index (χ0n) is 12.5. The van der Waals surface area contributed by atoms with E-state index in [-0.39, 0.29) is 0 Å². The molecule has 0 aromatic carbocycles. The third-order valence-electron chi connectivity index (χ3n) is 3.30. The summed E-state index contributed by atoms with van der Waals surface area (Å²) in [6, 6.07) is 0. The van der Waals surface area contributed by atoms with E-state index in [1.807, 2.05) is 11.6 Å². The lowest BCUT2D eigenvalue weighted by Crippen LogP contribution is -2.05. The van der Waals surface area contributed by atoms with Gasteiger partial charge in [0.1, 0.15) is 5.82 Å². The molecule has 0 atom stereocenters. The zero-order valence-corrected chi connectivity index (χ0v) is 12.5. The Labute approximate surface area is 114 Å². The first-order chi connectivity index (χ1) is 9.01. The maximum Gasteiger partial charge on any atom is 0.151 e. The number of aromatic amines is 1. The van der Waals surface area contributed by atoms with Crippen LogP contribution in [0.2, 0.25) is 0 Å². The highest BCUT2D eigenvalue weighted by molar-refractivity contribution is 5.26. The Balaban J connectivity index is 2.26. The Hall–Kier alpha value is -1.65. The van der Waals surface area contributed by atoms with Gasteiger partial charge >= 0.3 is 0 Å². The summed E-state index contributed by atoms with van der Waals surface area (Å²) in [5, 5.41) is 11.9. The van der Waals surface area contributed by atoms with Crippen LogP contribution in [0.3, 0.4) is 0 Å². The number of nitrogens with zero attached hydrogens (tertiary/aromatic N) is 4. The van der Waals surface area contributed by atoms with Crippen LogP contribution in [0, 0.1) is 19.8 Å². The molecule has 0 amide bonds. The van der Waals surface area contributed by atoms with E-state index in [1.54, 1.807) is 0 Å². The van der Waals surface area contributed by atoms with Gasteiger partial charge in [-0.05, 0) is 26.7 Å². The summed E-state index contributed by atoms with van der Waals surface area (Å²) >= 11 is 0. The highest BCUT2D eigenvalue weighted by atomic mass is 15.3. The summed E-state index contributed by atoms with van der Waals surface area (Å²) in [4.78, 5) is 4.69. The maximum absolute atomic E-state index is 4.69. The summed E-state index contributed by atoms with van der Waals surface area (Å²) in [6.07, 6.45) is 1.73. The number of rotatable bonds is 5. The fourth-order valence-corrected chi connectivity index (χ4v) is 2.25. The van der Waals surface area contributed by atoms with Gasteiger partial charge in [-0.1, -0.05) is 13.8 Å². The first-order valence-electron chi connectivity index (χ1n) is 6.94. The second-order valence-corrected chi connectivity index (χ2v) is 5.45. The first kappa shape index (κ1) is 13.8. The van der Waals surface area contributed by atoms with E-state index in [1.165, 1.54) is 5.56 Å². The van der Waals surface area contributed by atoms with Gasteiger partial charge in [-0.25, -0.2) is 9.67 Å². The van der Waals surface area contributed by atoms with E-state index in [2.05, 4.69) is 48.0 Å². The van der Waals surface area contributed by atoms with Crippen LogP contribution in [0.25, 0.3) is 0 Å². The lowest BCUT2D eigenvalue weighted by atomic mass is 10.1. The molecule has 0 aliphatic heterocycles. The Morgan fingerprint density at radius 3 is 2.53 bits per heavy atom. The monoisotopic (exact) mass is 261 g/mol. The van der Waals surface area contributed by atoms with E-state index >= 15 is 0 Å². The SMILES string of the molecule is CCn1nc(CC(C)C)nc1Cc1c(C)n[nH]c1C. The number of H-pyrrole nitrogens is 1. The molecule has 0 aliphatic carbocycles. The molecule has 0 radical (unpaired) electrons. The van der Waals surface area contributed by atoms with Crippen molar-refractivity contribution < 1.29 is 0 Å². The van der Waals surface area contributed by atoms with Gasteiger partial charge in [0.25, 0.3) is 0 Å². The van der Waals surface area contributed by atoms with Gasteiger partial charge in [-0.2, -0.15) is 10.2 Å². The molecule has 0 bridgehead atoms. The highest BCUT2D eigenvalue weighted by Crippen LogP contribution is 2.15. The lowest BCUT2D eigenvalue weighted by molar-refractivity contribution is 0.589. The second-order valence-electron chi connectivity index (χ2n) is 5.45. The molecule has 2 aromatic rings. The van der Waals surface area contributed by atoms with Crippen molar-refractivity contribution in [2.75, 3.05) is 0 Å². The fourth-order valence-electron chi connectivity index (χ4n) is 2.25. The average Bonchev–Trinajstić information content (AvgIpc) is 2.86. The quantitative estimate of drug-likeness (QED) is 0.899. The molecule has 5 nitrogen and oxygen atoms in total. The minimum absolute atomic E-state index is 0.581. The third kappa shape index (κ3) is 3.03. The second kappa shape index (κ2) is 5.55. The van der Waals surface area contributed by atoms with E-state index < -0.39 is 0 Å². The smallest absolute Gasteiger partial charge is 0.151 e. The number of nitrogens with one attached hydrogen (secondary N) is 1. The summed E-state index contributed by atoms with van der Waals surface area (Å²) in [7, 11) is 0. The molecule has 0 spiro atoms. The van der Waals surface area contributed by atoms with Gasteiger partial charge in [0, 0.05) is 30.6 Å². The number of hydrogen-bond donors (Lipinski definition) is 1. The van der Waals surface area contributed by atoms with Crippen LogP contribution in [0.5, 0.6) is 0 Å². The largest absolute Gasteiger partial charge is 0.282 e. The number of hydrogen-bond acceptors (Lipinski definition) is 3. The molecule has 0 fully saturated rings. The van der Waals surface area contributed by atoms with E-state index in [0.717, 1.165) is 42.4 Å². The van der Waals surface area contributed by atoms with Crippen LogP contribution >= 0.6 is 0 Å². The van der Waals surface area contributed by atoms with Crippen molar-refractivity contribution in [2.24, 2.45) is 5.92 Å². The Morgan fingerprint density at radius 2 is 2.00 bits per heavy atom. The van der Waals surface area contributed by atoms with E-state index in [9.17, 15) is 0 Å². The third-order valence-corrected chi connectivity index (χ3v) is 3.30. The fraction of sp³-hybridized carbons (Fsp3) is 0.643. The van der Waals surface area contributed by atoms with Crippen LogP contribution in [0.4, 0.5) is 0 Å². The molecule has 2 aromatic heterocycles. The van der Waals surface area contributed by atoms with Crippen molar-refractivity contribution in [3.63, 3.8) is 0 Å². The molecule has 5 heteroatoms. The van der Waals surface area contributed by atoms with Crippen LogP contribution in [-0.4, -0.2) is 25.0 Å². The van der Waals surface area contributed by atoms with Crippen molar-refractivity contribution in [1.82, 2.24) is 25.0 Å². The van der Waals surface area contributed by atoms with Gasteiger partial charge in [0.2, 0.25) is 0 Å². The van der Waals surface area contributed by atoms with Crippen LogP contribution in [-0.2, 0) is 19.4 Å². The molecular weight excluding hydrogens is 238 g/mol. The number of aromatic nitrogens is 5. The van der Waals surface area contributed by atoms with Gasteiger partial charge in [0.15, 0.2) is 5.82 Å². The first-order valence-corrected chi connectivity index (χ1v) is 6.94. The van der Waals surface area contributed by atoms with Crippen molar-refractivity contribution in [3.05, 3.63) is 28.6 Å². The molecule has 1 N–H and O–H groups in total. The van der Waals surface area contributed by atoms with Gasteiger partial charge < -0.3 is 0 Å². The van der Waals surface area contributed by atoms with E-state index in [0.29, 0.717) is 5.92 Å². The zero-order chi connectivity index (χ0) is 14.0. The molecule has 104 valence electrons. The Bertz CT molecular complexity index is 531. The minimum atomic E-state index is 0.581. The molecule has 0 unspecified atom stereocenters. The summed E-state index contributed by atoms with van der Waals surface area (Å²) < 4.78 is 2.00. The van der Waals surface area contributed by atoms with Crippen molar-refractivity contribution in [1.29, 1.82) is 0 Å². The van der Waals surface area contributed by atoms with Crippen LogP contribution in [0.1, 0.15) is 49.4 Å². The predicted molar refractivity (Wildman–Crippen MR) is 75.1 cm³/mol. The average molecular weight is 261 g/mol. The van der Waals surface area contributed by atoms with Crippen molar-refractivity contribution >= 4 is 0 Å². The molecule has 0 saturated carbocycles. The van der Waals surface area contributed by atoms with Crippen LogP contribution < -0.4 is 0 Å². The summed E-state index contributed by atoms with van der Waals surface area (Å²) in [5.41, 5.74) is 3.40. The maximum atomic E-state index is 4.69. The molecular formula is C14H23N5. The molecule has 0 aliphatic rings. The van der Waals surface area contributed by atoms with Crippen LogP contribution in [0.15, 0.2) is 0 Å². The molecule has 2 heterocycles. The van der Waals surface area contributed by atoms with Crippen molar-refractivity contribution in [3.8, 4) is 0 Å². The van der Waals surface area contributed by atoms with E-state index in [4.69, 9.17) is 0 Å². The molecule has 2 rings (SSSR count). The standard InChI is InChI=1S/C14H23N5/c1-6-19-14(15-13(18-19)7-9(2)3)8-12-10(4)16-17-11(12)5/h9H,6-8H2,1-5H3,(H,16,17). The Morgan fingerprint density at radius 1 is 1.26 bits per heavy atom. The summed E-state index contributed by atoms with van der Waals surface area (Å²) in [5.74, 6) is 2.56. The normalized spacial score (nSPS) is 11.5. The van der Waals surface area contributed by atoms with Gasteiger partial charge in [0.05, 0.1) is 5.69 Å². The van der Waals surface area contributed by atoms with Crippen molar-refractivity contribution in [2.45, 2.75) is 54.0 Å². The summed E-state index contributed by atoms with van der Waals surface area (Å²) in [6.45, 7) is 11.4. The molecule has 19 heavy (non-hydrogen) atoms. The lowest BCUT2D eigenvalue weighted by Gasteiger charge is -2.02. The topological polar surface area (TPSA) is 59.4 Å². The minimum Gasteiger partial charge on any atom is -0.282 e. The molecule has 0 saturated heterocycles. The Kier molecular flexibility index (Phi) is 4.02. The van der Waals surface area contributed by atoms with Gasteiger partial charge in [-0.3, -0.25) is 5.10 Å².